The normalized spacial score (nSPS) is 25.0. The van der Waals surface area contributed by atoms with Crippen molar-refractivity contribution in [2.75, 3.05) is 6.61 Å². The summed E-state index contributed by atoms with van der Waals surface area (Å²) in [6.45, 7) is 7.71. The third-order valence-corrected chi connectivity index (χ3v) is 4.06. The number of hydrogen-bond acceptors (Lipinski definition) is 3. The van der Waals surface area contributed by atoms with Gasteiger partial charge in [0.05, 0.1) is 6.61 Å². The van der Waals surface area contributed by atoms with Crippen molar-refractivity contribution >= 4 is 5.97 Å². The molecular formula is C18H25NO2. The molecule has 0 saturated carbocycles. The lowest BCUT2D eigenvalue weighted by atomic mass is 9.91. The van der Waals surface area contributed by atoms with Crippen LogP contribution in [0.25, 0.3) is 0 Å². The minimum Gasteiger partial charge on any atom is -0.463 e. The minimum atomic E-state index is -0.205. The molecule has 21 heavy (non-hydrogen) atoms. The van der Waals surface area contributed by atoms with Crippen LogP contribution in [0.2, 0.25) is 0 Å². The average Bonchev–Trinajstić information content (AvgIpc) is 2.44. The highest BCUT2D eigenvalue weighted by atomic mass is 16.5. The molecule has 0 aromatic heterocycles. The van der Waals surface area contributed by atoms with Gasteiger partial charge >= 0.3 is 5.97 Å². The highest BCUT2D eigenvalue weighted by Gasteiger charge is 2.27. The van der Waals surface area contributed by atoms with E-state index < -0.39 is 0 Å². The molecular weight excluding hydrogens is 262 g/mol. The number of benzene rings is 1. The van der Waals surface area contributed by atoms with Crippen LogP contribution >= 0.6 is 0 Å². The lowest BCUT2D eigenvalue weighted by Crippen LogP contribution is -2.43. The second kappa shape index (κ2) is 7.41. The molecule has 0 radical (unpaired) electrons. The molecule has 0 amide bonds. The summed E-state index contributed by atoms with van der Waals surface area (Å²) in [5.41, 5.74) is 2.55. The molecule has 0 spiro atoms. The first-order valence-corrected chi connectivity index (χ1v) is 7.76. The van der Waals surface area contributed by atoms with Crippen molar-refractivity contribution in [3.8, 4) is 0 Å². The summed E-state index contributed by atoms with van der Waals surface area (Å²) < 4.78 is 5.01. The van der Waals surface area contributed by atoms with Crippen molar-refractivity contribution in [3.63, 3.8) is 0 Å². The van der Waals surface area contributed by atoms with Gasteiger partial charge in [-0.3, -0.25) is 4.90 Å². The number of piperidine rings is 1. The summed E-state index contributed by atoms with van der Waals surface area (Å²) in [7, 11) is 0. The van der Waals surface area contributed by atoms with Gasteiger partial charge in [0.15, 0.2) is 0 Å². The summed E-state index contributed by atoms with van der Waals surface area (Å²) in [5.74, 6) is -0.205. The van der Waals surface area contributed by atoms with Crippen molar-refractivity contribution in [2.24, 2.45) is 0 Å². The van der Waals surface area contributed by atoms with E-state index in [1.165, 1.54) is 11.1 Å². The summed E-state index contributed by atoms with van der Waals surface area (Å²) in [5, 5.41) is 0. The zero-order chi connectivity index (χ0) is 15.2. The van der Waals surface area contributed by atoms with Crippen LogP contribution in [0.15, 0.2) is 42.0 Å². The van der Waals surface area contributed by atoms with Crippen LogP contribution in [-0.2, 0) is 16.1 Å². The van der Waals surface area contributed by atoms with Gasteiger partial charge in [-0.15, -0.1) is 0 Å². The molecule has 0 aliphatic carbocycles. The third-order valence-electron chi connectivity index (χ3n) is 4.06. The maximum Gasteiger partial charge on any atom is 0.330 e. The Kier molecular flexibility index (Phi) is 5.57. The topological polar surface area (TPSA) is 29.5 Å². The van der Waals surface area contributed by atoms with Gasteiger partial charge in [0.2, 0.25) is 0 Å². The Hall–Kier alpha value is -1.61. The quantitative estimate of drug-likeness (QED) is 0.626. The van der Waals surface area contributed by atoms with Gasteiger partial charge in [0, 0.05) is 24.7 Å². The van der Waals surface area contributed by atoms with Crippen molar-refractivity contribution in [3.05, 3.63) is 47.5 Å². The predicted octanol–water partition coefficient (Wildman–Crippen LogP) is 3.55. The number of esters is 1. The fraction of sp³-hybridized carbons (Fsp3) is 0.500. The molecule has 3 nitrogen and oxygen atoms in total. The lowest BCUT2D eigenvalue weighted by Gasteiger charge is -2.40. The Balaban J connectivity index is 2.01. The largest absolute Gasteiger partial charge is 0.463 e. The zero-order valence-electron chi connectivity index (χ0n) is 13.2. The van der Waals surface area contributed by atoms with Gasteiger partial charge in [-0.25, -0.2) is 4.79 Å². The van der Waals surface area contributed by atoms with Gasteiger partial charge in [0.25, 0.3) is 0 Å². The smallest absolute Gasteiger partial charge is 0.330 e. The number of rotatable bonds is 4. The number of likely N-dealkylation sites (tertiary alicyclic amines) is 1. The standard InChI is InChI=1S/C18H25NO2/c1-4-21-18(20)12-17-10-14(2)19(15(3)11-17)13-16-8-6-5-7-9-16/h5-9,12,14-15H,4,10-11,13H2,1-3H3/t14-,15+. The molecule has 1 saturated heterocycles. The van der Waals surface area contributed by atoms with E-state index >= 15 is 0 Å². The van der Waals surface area contributed by atoms with Crippen molar-refractivity contribution in [2.45, 2.75) is 52.2 Å². The number of carbonyl (C=O) groups is 1. The van der Waals surface area contributed by atoms with E-state index in [-0.39, 0.29) is 5.97 Å². The van der Waals surface area contributed by atoms with E-state index in [1.807, 2.05) is 13.0 Å². The Morgan fingerprint density at radius 2 is 1.86 bits per heavy atom. The minimum absolute atomic E-state index is 0.205. The SMILES string of the molecule is CCOC(=O)C=C1C[C@@H](C)N(Cc2ccccc2)[C@@H](C)C1. The molecule has 0 bridgehead atoms. The number of ether oxygens (including phenoxy) is 1. The summed E-state index contributed by atoms with van der Waals surface area (Å²) in [6, 6.07) is 11.4. The monoisotopic (exact) mass is 287 g/mol. The van der Waals surface area contributed by atoms with Crippen LogP contribution in [0.1, 0.15) is 39.2 Å². The molecule has 0 N–H and O–H groups in total. The van der Waals surface area contributed by atoms with Gasteiger partial charge < -0.3 is 4.74 Å². The zero-order valence-corrected chi connectivity index (χ0v) is 13.2. The van der Waals surface area contributed by atoms with E-state index in [2.05, 4.69) is 43.0 Å². The number of hydrogen-bond donors (Lipinski definition) is 0. The molecule has 1 heterocycles. The van der Waals surface area contributed by atoms with E-state index in [1.54, 1.807) is 6.08 Å². The van der Waals surface area contributed by atoms with Gasteiger partial charge in [-0.1, -0.05) is 35.9 Å². The highest BCUT2D eigenvalue weighted by Crippen LogP contribution is 2.28. The molecule has 1 fully saturated rings. The Labute approximate surface area is 127 Å². The van der Waals surface area contributed by atoms with Gasteiger partial charge in [0.1, 0.15) is 0 Å². The second-order valence-electron chi connectivity index (χ2n) is 5.82. The van der Waals surface area contributed by atoms with Crippen LogP contribution in [0.4, 0.5) is 0 Å². The van der Waals surface area contributed by atoms with Crippen LogP contribution < -0.4 is 0 Å². The molecule has 1 aromatic carbocycles. The molecule has 0 unspecified atom stereocenters. The van der Waals surface area contributed by atoms with Crippen LogP contribution in [0.3, 0.4) is 0 Å². The predicted molar refractivity (Wildman–Crippen MR) is 84.9 cm³/mol. The molecule has 1 aliphatic heterocycles. The van der Waals surface area contributed by atoms with E-state index in [0.717, 1.165) is 19.4 Å². The fourth-order valence-corrected chi connectivity index (χ4v) is 3.09. The van der Waals surface area contributed by atoms with Crippen molar-refractivity contribution in [1.82, 2.24) is 4.90 Å². The third kappa shape index (κ3) is 4.43. The van der Waals surface area contributed by atoms with E-state index in [0.29, 0.717) is 18.7 Å². The van der Waals surface area contributed by atoms with Crippen LogP contribution in [0.5, 0.6) is 0 Å². The fourth-order valence-electron chi connectivity index (χ4n) is 3.09. The molecule has 2 rings (SSSR count). The Morgan fingerprint density at radius 3 is 2.43 bits per heavy atom. The van der Waals surface area contributed by atoms with Crippen molar-refractivity contribution < 1.29 is 9.53 Å². The lowest BCUT2D eigenvalue weighted by molar-refractivity contribution is -0.137. The summed E-state index contributed by atoms with van der Waals surface area (Å²) in [6.07, 6.45) is 3.57. The molecule has 1 aliphatic rings. The first-order chi connectivity index (χ1) is 10.1. The van der Waals surface area contributed by atoms with Crippen LogP contribution in [-0.4, -0.2) is 29.6 Å². The number of nitrogens with zero attached hydrogens (tertiary/aromatic N) is 1. The molecule has 3 heteroatoms. The Morgan fingerprint density at radius 1 is 1.24 bits per heavy atom. The van der Waals surface area contributed by atoms with Gasteiger partial charge in [-0.2, -0.15) is 0 Å². The van der Waals surface area contributed by atoms with E-state index in [9.17, 15) is 4.79 Å². The van der Waals surface area contributed by atoms with Crippen LogP contribution in [0, 0.1) is 0 Å². The first-order valence-electron chi connectivity index (χ1n) is 7.76. The molecule has 1 aromatic rings. The average molecular weight is 287 g/mol. The first kappa shape index (κ1) is 15.8. The molecule has 114 valence electrons. The molecule has 2 atom stereocenters. The van der Waals surface area contributed by atoms with E-state index in [4.69, 9.17) is 4.74 Å². The number of carbonyl (C=O) groups excluding carboxylic acids is 1. The maximum atomic E-state index is 11.6. The summed E-state index contributed by atoms with van der Waals surface area (Å²) >= 11 is 0. The van der Waals surface area contributed by atoms with Crippen molar-refractivity contribution in [1.29, 1.82) is 0 Å². The Bertz CT molecular complexity index is 481. The van der Waals surface area contributed by atoms with Gasteiger partial charge in [-0.05, 0) is 39.2 Å². The maximum absolute atomic E-state index is 11.6. The second-order valence-corrected chi connectivity index (χ2v) is 5.82. The summed E-state index contributed by atoms with van der Waals surface area (Å²) in [4.78, 5) is 14.1. The highest BCUT2D eigenvalue weighted by molar-refractivity contribution is 5.82.